The van der Waals surface area contributed by atoms with Gasteiger partial charge in [-0.25, -0.2) is 9.97 Å². The summed E-state index contributed by atoms with van der Waals surface area (Å²) < 4.78 is 52.9. The molecule has 2 atom stereocenters. The zero-order valence-electron chi connectivity index (χ0n) is 19.9. The number of hydrogen-bond acceptors (Lipinski definition) is 9. The van der Waals surface area contributed by atoms with Crippen LogP contribution in [0.15, 0.2) is 30.7 Å². The Kier molecular flexibility index (Phi) is 6.19. The van der Waals surface area contributed by atoms with Crippen LogP contribution in [0.5, 0.6) is 5.88 Å². The number of rotatable bonds is 6. The van der Waals surface area contributed by atoms with Gasteiger partial charge in [-0.05, 0) is 38.3 Å². The van der Waals surface area contributed by atoms with Crippen molar-refractivity contribution in [2.24, 2.45) is 0 Å². The van der Waals surface area contributed by atoms with E-state index in [0.717, 1.165) is 58.8 Å². The van der Waals surface area contributed by atoms with E-state index in [1.165, 1.54) is 0 Å². The van der Waals surface area contributed by atoms with Crippen molar-refractivity contribution in [3.63, 3.8) is 0 Å². The van der Waals surface area contributed by atoms with Crippen LogP contribution in [-0.2, 0) is 10.9 Å². The fourth-order valence-electron chi connectivity index (χ4n) is 4.73. The summed E-state index contributed by atoms with van der Waals surface area (Å²) in [5.74, 6) is 0.631. The van der Waals surface area contributed by atoms with Crippen LogP contribution in [0.1, 0.15) is 48.0 Å². The zero-order valence-corrected chi connectivity index (χ0v) is 20.7. The molecule has 194 valence electrons. The van der Waals surface area contributed by atoms with E-state index in [-0.39, 0.29) is 31.1 Å². The summed E-state index contributed by atoms with van der Waals surface area (Å²) in [6, 6.07) is 3.93. The predicted molar refractivity (Wildman–Crippen MR) is 130 cm³/mol. The van der Waals surface area contributed by atoms with Gasteiger partial charge in [-0.15, -0.1) is 21.5 Å². The van der Waals surface area contributed by atoms with Crippen molar-refractivity contribution >= 4 is 22.9 Å². The van der Waals surface area contributed by atoms with Gasteiger partial charge in [0.2, 0.25) is 11.8 Å². The maximum atomic E-state index is 13.5. The Balaban J connectivity index is 1.21. The second-order valence-corrected chi connectivity index (χ2v) is 10.6. The molecule has 4 aromatic rings. The second kappa shape index (κ2) is 9.53. The highest BCUT2D eigenvalue weighted by Crippen LogP contribution is 2.37. The van der Waals surface area contributed by atoms with E-state index in [0.29, 0.717) is 0 Å². The molecule has 0 radical (unpaired) electrons. The molecule has 5 heterocycles. The molecule has 1 aliphatic carbocycles. The maximum absolute atomic E-state index is 13.5. The third kappa shape index (κ3) is 4.97. The zero-order chi connectivity index (χ0) is 25.6. The lowest BCUT2D eigenvalue weighted by Crippen LogP contribution is -2.39. The lowest BCUT2D eigenvalue weighted by atomic mass is 9.85. The third-order valence-electron chi connectivity index (χ3n) is 6.65. The minimum atomic E-state index is -4.61. The Bertz CT molecular complexity index is 1420. The normalized spacial score (nSPS) is 20.6. The van der Waals surface area contributed by atoms with Crippen molar-refractivity contribution in [3.05, 3.63) is 47.1 Å². The van der Waals surface area contributed by atoms with Crippen molar-refractivity contribution in [2.45, 2.75) is 56.8 Å². The van der Waals surface area contributed by atoms with Gasteiger partial charge in [0.05, 0.1) is 23.1 Å². The molecule has 0 unspecified atom stereocenters. The van der Waals surface area contributed by atoms with Gasteiger partial charge in [-0.1, -0.05) is 6.42 Å². The van der Waals surface area contributed by atoms with Gasteiger partial charge >= 0.3 is 6.18 Å². The molecule has 0 amide bonds. The average molecular weight is 532 g/mol. The quantitative estimate of drug-likeness (QED) is 0.376. The first kappa shape index (κ1) is 24.0. The Hall–Kier alpha value is -3.32. The van der Waals surface area contributed by atoms with Crippen molar-refractivity contribution in [3.8, 4) is 16.3 Å². The number of fused-ring (bicyclic) bond motifs is 1. The van der Waals surface area contributed by atoms with Crippen LogP contribution < -0.4 is 10.1 Å². The van der Waals surface area contributed by atoms with Gasteiger partial charge in [-0.2, -0.15) is 18.2 Å². The number of halogens is 3. The molecular weight excluding hydrogens is 507 g/mol. The van der Waals surface area contributed by atoms with E-state index in [9.17, 15) is 13.2 Å². The summed E-state index contributed by atoms with van der Waals surface area (Å²) in [6.45, 7) is 2.46. The molecule has 6 rings (SSSR count). The first-order valence-electron chi connectivity index (χ1n) is 12.1. The van der Waals surface area contributed by atoms with E-state index >= 15 is 0 Å². The van der Waals surface area contributed by atoms with Gasteiger partial charge in [0, 0.05) is 36.1 Å². The van der Waals surface area contributed by atoms with Crippen molar-refractivity contribution < 1.29 is 22.6 Å². The van der Waals surface area contributed by atoms with Crippen LogP contribution >= 0.6 is 11.3 Å². The Morgan fingerprint density at radius 2 is 2.00 bits per heavy atom. The highest BCUT2D eigenvalue weighted by atomic mass is 32.1. The van der Waals surface area contributed by atoms with Gasteiger partial charge in [0.1, 0.15) is 17.5 Å². The number of alkyl halides is 3. The van der Waals surface area contributed by atoms with Crippen molar-refractivity contribution in [2.75, 3.05) is 18.5 Å². The standard InChI is InChI=1S/C24H24F3N7O2S/c1-13-28-9-19(37-13)15-5-6-20-32-33-21(34(20)10-15)14-3-2-4-16(7-14)30-23-29-8-18(24(25,26)27)22(31-23)36-17-11-35-12-17/h5-6,8-10,14,16-17H,2-4,7,11-12H2,1H3,(H,29,30,31)/t14-,16+/m0/s1. The molecule has 37 heavy (non-hydrogen) atoms. The second-order valence-electron chi connectivity index (χ2n) is 9.34. The molecule has 1 N–H and O–H groups in total. The molecule has 1 aliphatic heterocycles. The van der Waals surface area contributed by atoms with Crippen LogP contribution in [0.2, 0.25) is 0 Å². The number of ether oxygens (including phenoxy) is 2. The van der Waals surface area contributed by atoms with Gasteiger partial charge in [0.15, 0.2) is 5.65 Å². The summed E-state index contributed by atoms with van der Waals surface area (Å²) in [5, 5.41) is 13.1. The van der Waals surface area contributed by atoms with E-state index in [4.69, 9.17) is 9.47 Å². The number of thiazole rings is 1. The minimum absolute atomic E-state index is 0.0324. The highest BCUT2D eigenvalue weighted by Gasteiger charge is 2.38. The van der Waals surface area contributed by atoms with Crippen LogP contribution in [0.25, 0.3) is 16.1 Å². The molecule has 2 fully saturated rings. The number of nitrogens with zero attached hydrogens (tertiary/aromatic N) is 6. The summed E-state index contributed by atoms with van der Waals surface area (Å²) in [4.78, 5) is 13.5. The SMILES string of the molecule is Cc1ncc(-c2ccc3nnc([C@H]4CCC[C@@H](Nc5ncc(C(F)(F)F)c(OC6COC6)n5)C4)n3c2)s1. The van der Waals surface area contributed by atoms with E-state index in [1.54, 1.807) is 11.3 Å². The highest BCUT2D eigenvalue weighted by molar-refractivity contribution is 7.15. The Morgan fingerprint density at radius 3 is 2.73 bits per heavy atom. The number of pyridine rings is 1. The maximum Gasteiger partial charge on any atom is 0.423 e. The van der Waals surface area contributed by atoms with E-state index in [1.807, 2.05) is 35.9 Å². The lowest BCUT2D eigenvalue weighted by molar-refractivity contribution is -0.142. The predicted octanol–water partition coefficient (Wildman–Crippen LogP) is 4.89. The van der Waals surface area contributed by atoms with Crippen LogP contribution in [0.3, 0.4) is 0 Å². The third-order valence-corrected chi connectivity index (χ3v) is 7.61. The minimum Gasteiger partial charge on any atom is -0.469 e. The fourth-order valence-corrected chi connectivity index (χ4v) is 5.49. The van der Waals surface area contributed by atoms with E-state index < -0.39 is 23.7 Å². The Labute approximate surface area is 214 Å². The number of aryl methyl sites for hydroxylation is 1. The molecule has 0 bridgehead atoms. The number of anilines is 1. The number of aromatic nitrogens is 6. The monoisotopic (exact) mass is 531 g/mol. The van der Waals surface area contributed by atoms with Crippen molar-refractivity contribution in [1.29, 1.82) is 0 Å². The number of nitrogens with one attached hydrogen (secondary N) is 1. The Morgan fingerprint density at radius 1 is 1.14 bits per heavy atom. The molecule has 0 aromatic carbocycles. The topological polar surface area (TPSA) is 99.4 Å². The van der Waals surface area contributed by atoms with Crippen LogP contribution in [0.4, 0.5) is 19.1 Å². The molecule has 1 saturated carbocycles. The largest absolute Gasteiger partial charge is 0.469 e. The van der Waals surface area contributed by atoms with E-state index in [2.05, 4.69) is 30.5 Å². The molecule has 0 spiro atoms. The molecule has 13 heteroatoms. The van der Waals surface area contributed by atoms with Gasteiger partial charge < -0.3 is 14.8 Å². The first-order valence-corrected chi connectivity index (χ1v) is 12.9. The molecule has 9 nitrogen and oxygen atoms in total. The average Bonchev–Trinajstić information content (AvgIpc) is 3.47. The summed E-state index contributed by atoms with van der Waals surface area (Å²) in [7, 11) is 0. The molecule has 2 aliphatic rings. The van der Waals surface area contributed by atoms with Crippen molar-refractivity contribution in [1.82, 2.24) is 29.5 Å². The van der Waals surface area contributed by atoms with Gasteiger partial charge in [0.25, 0.3) is 0 Å². The number of hydrogen-bond donors (Lipinski definition) is 1. The summed E-state index contributed by atoms with van der Waals surface area (Å²) in [5.41, 5.74) is 0.823. The molecule has 1 saturated heterocycles. The van der Waals surface area contributed by atoms with Crippen LogP contribution in [-0.4, -0.2) is 54.9 Å². The van der Waals surface area contributed by atoms with Crippen LogP contribution in [0, 0.1) is 6.92 Å². The fraction of sp³-hybridized carbons (Fsp3) is 0.458. The summed E-state index contributed by atoms with van der Waals surface area (Å²) >= 11 is 1.63. The lowest BCUT2D eigenvalue weighted by Gasteiger charge is -2.30. The first-order chi connectivity index (χ1) is 17.8. The van der Waals surface area contributed by atoms with Gasteiger partial charge in [-0.3, -0.25) is 4.40 Å². The smallest absolute Gasteiger partial charge is 0.423 e. The summed E-state index contributed by atoms with van der Waals surface area (Å²) in [6.07, 6.45) is 3.06. The molecule has 4 aromatic heterocycles. The molecular formula is C24H24F3N7O2S.